The van der Waals surface area contributed by atoms with E-state index in [-0.39, 0.29) is 0 Å². The molecule has 4 aromatic heterocycles. The summed E-state index contributed by atoms with van der Waals surface area (Å²) in [5.74, 6) is 0. The van der Waals surface area contributed by atoms with Crippen molar-refractivity contribution in [2.45, 2.75) is 0 Å². The maximum Gasteiger partial charge on any atom is 0.159 e. The molecule has 4 heterocycles. The summed E-state index contributed by atoms with van der Waals surface area (Å²) in [4.78, 5) is 4.76. The summed E-state index contributed by atoms with van der Waals surface area (Å²) in [7, 11) is 0. The molecule has 0 radical (unpaired) electrons. The fourth-order valence-corrected chi connectivity index (χ4v) is 16.1. The molecule has 0 atom stereocenters. The Bertz CT molecular complexity index is 7030. The van der Waals surface area contributed by atoms with Gasteiger partial charge in [-0.05, 0) is 158 Å². The highest BCUT2D eigenvalue weighted by atomic mass is 16.3. The Balaban J connectivity index is 0.689. The predicted octanol–water partition coefficient (Wildman–Crippen LogP) is 28.5. The minimum absolute atomic E-state index is 0.769. The van der Waals surface area contributed by atoms with Crippen molar-refractivity contribution in [1.29, 1.82) is 0 Å². The zero-order chi connectivity index (χ0) is 68.3. The molecule has 0 bridgehead atoms. The summed E-state index contributed by atoms with van der Waals surface area (Å²) in [5.41, 5.74) is 25.2. The molecule has 21 rings (SSSR count). The second kappa shape index (κ2) is 23.9. The molecule has 6 heteroatoms. The lowest BCUT2D eigenvalue weighted by atomic mass is 9.96. The second-order valence-corrected chi connectivity index (χ2v) is 27.0. The van der Waals surface area contributed by atoms with Crippen LogP contribution in [-0.4, -0.2) is 0 Å². The predicted molar refractivity (Wildman–Crippen MR) is 433 cm³/mol. The number of nitrogens with zero attached hydrogens (tertiary/aromatic N) is 2. The first-order valence-electron chi connectivity index (χ1n) is 35.3. The summed E-state index contributed by atoms with van der Waals surface area (Å²) < 4.78 is 28.0. The first-order valence-corrected chi connectivity index (χ1v) is 35.3. The van der Waals surface area contributed by atoms with Crippen LogP contribution in [0.5, 0.6) is 0 Å². The van der Waals surface area contributed by atoms with Crippen LogP contribution in [-0.2, 0) is 0 Å². The van der Waals surface area contributed by atoms with Gasteiger partial charge in [0.15, 0.2) is 5.58 Å². The van der Waals surface area contributed by atoms with Crippen molar-refractivity contribution in [3.8, 4) is 66.8 Å². The van der Waals surface area contributed by atoms with Gasteiger partial charge in [-0.25, -0.2) is 0 Å². The standard InChI is InChI=1S/C98H60N2O4/c1-3-22-64-57-69(48-46-61(64)20-1)67-25-13-24-66(56-67)63-50-53-72(54-51-63)99(88-41-19-45-93-94(88)84-31-8-12-44-91(84)101-93)86-39-9-5-28-75(86)79-34-17-37-83-85-60-71(52-55-92(85)103-97(79)83)74-32-15-36-81-82-38-18-42-89(98(82)104-95(74)81)100(73-27-14-26-68(59-73)70-49-47-62-21-2-4-23-65(62)58-70)87-40-10-6-29-76(87)78-33-16-35-80-77-30-7-11-43-90(77)102-96(78)80/h1-60H. The van der Waals surface area contributed by atoms with E-state index in [2.05, 4.69) is 356 Å². The van der Waals surface area contributed by atoms with Gasteiger partial charge in [0.05, 0.1) is 28.1 Å². The number of fused-ring (bicyclic) bond motifs is 14. The monoisotopic (exact) mass is 1330 g/mol. The zero-order valence-electron chi connectivity index (χ0n) is 56.2. The summed E-state index contributed by atoms with van der Waals surface area (Å²) >= 11 is 0. The van der Waals surface area contributed by atoms with E-state index in [1.54, 1.807) is 0 Å². The number of hydrogen-bond acceptors (Lipinski definition) is 6. The number of furan rings is 4. The maximum atomic E-state index is 7.49. The molecule has 0 unspecified atom stereocenters. The normalized spacial score (nSPS) is 11.8. The Hall–Kier alpha value is -13.9. The van der Waals surface area contributed by atoms with Gasteiger partial charge in [-0.2, -0.15) is 0 Å². The first kappa shape index (κ1) is 59.0. The molecule has 0 amide bonds. The lowest BCUT2D eigenvalue weighted by Crippen LogP contribution is -2.11. The second-order valence-electron chi connectivity index (χ2n) is 27.0. The molecule has 486 valence electrons. The minimum Gasteiger partial charge on any atom is -0.456 e. The largest absolute Gasteiger partial charge is 0.456 e. The van der Waals surface area contributed by atoms with Crippen LogP contribution in [0.2, 0.25) is 0 Å². The van der Waals surface area contributed by atoms with Crippen molar-refractivity contribution in [1.82, 2.24) is 0 Å². The number of benzene rings is 17. The van der Waals surface area contributed by atoms with Crippen molar-refractivity contribution in [3.05, 3.63) is 364 Å². The van der Waals surface area contributed by atoms with E-state index in [1.807, 2.05) is 18.2 Å². The molecule has 0 aliphatic rings. The molecule has 104 heavy (non-hydrogen) atoms. The van der Waals surface area contributed by atoms with Crippen molar-refractivity contribution in [2.24, 2.45) is 0 Å². The topological polar surface area (TPSA) is 59.0 Å². The van der Waals surface area contributed by atoms with Gasteiger partial charge in [0, 0.05) is 76.9 Å². The lowest BCUT2D eigenvalue weighted by molar-refractivity contribution is 0.668. The summed E-state index contributed by atoms with van der Waals surface area (Å²) in [6.07, 6.45) is 0. The Morgan fingerprint density at radius 1 is 0.173 bits per heavy atom. The highest BCUT2D eigenvalue weighted by Crippen LogP contribution is 2.52. The van der Waals surface area contributed by atoms with Crippen LogP contribution in [0.15, 0.2) is 382 Å². The van der Waals surface area contributed by atoms with Crippen LogP contribution in [0, 0.1) is 0 Å². The average molecular weight is 1330 g/mol. The molecule has 21 aromatic rings. The molecule has 0 aliphatic heterocycles. The van der Waals surface area contributed by atoms with Crippen LogP contribution in [0.3, 0.4) is 0 Å². The van der Waals surface area contributed by atoms with Crippen LogP contribution >= 0.6 is 0 Å². The third-order valence-corrected chi connectivity index (χ3v) is 21.0. The van der Waals surface area contributed by atoms with Crippen molar-refractivity contribution in [2.75, 3.05) is 9.80 Å². The van der Waals surface area contributed by atoms with Gasteiger partial charge in [-0.1, -0.05) is 267 Å². The molecule has 0 saturated heterocycles. The van der Waals surface area contributed by atoms with Crippen LogP contribution in [0.4, 0.5) is 34.1 Å². The van der Waals surface area contributed by atoms with Crippen LogP contribution < -0.4 is 9.80 Å². The number of anilines is 6. The molecule has 6 nitrogen and oxygen atoms in total. The molecular weight excluding hydrogens is 1270 g/mol. The van der Waals surface area contributed by atoms with E-state index in [0.29, 0.717) is 0 Å². The fourth-order valence-electron chi connectivity index (χ4n) is 16.1. The molecule has 0 N–H and O–H groups in total. The molecular formula is C98H60N2O4. The van der Waals surface area contributed by atoms with Gasteiger partial charge < -0.3 is 27.5 Å². The Labute approximate surface area is 598 Å². The Kier molecular flexibility index (Phi) is 13.5. The third kappa shape index (κ3) is 9.65. The highest BCUT2D eigenvalue weighted by molar-refractivity contribution is 6.18. The van der Waals surface area contributed by atoms with E-state index in [9.17, 15) is 0 Å². The maximum absolute atomic E-state index is 7.49. The van der Waals surface area contributed by atoms with Crippen LogP contribution in [0.1, 0.15) is 0 Å². The Morgan fingerprint density at radius 3 is 1.27 bits per heavy atom. The van der Waals surface area contributed by atoms with E-state index in [0.717, 1.165) is 178 Å². The van der Waals surface area contributed by atoms with E-state index < -0.39 is 0 Å². The van der Waals surface area contributed by atoms with E-state index in [1.165, 1.54) is 32.7 Å². The quantitative estimate of drug-likeness (QED) is 0.121. The van der Waals surface area contributed by atoms with Gasteiger partial charge in [0.1, 0.15) is 39.1 Å². The summed E-state index contributed by atoms with van der Waals surface area (Å²) in [6, 6.07) is 130. The summed E-state index contributed by atoms with van der Waals surface area (Å²) in [5, 5.41) is 13.1. The van der Waals surface area contributed by atoms with E-state index >= 15 is 0 Å². The van der Waals surface area contributed by atoms with Gasteiger partial charge in [-0.3, -0.25) is 0 Å². The number of hydrogen-bond donors (Lipinski definition) is 0. The van der Waals surface area contributed by atoms with Gasteiger partial charge >= 0.3 is 0 Å². The smallest absolute Gasteiger partial charge is 0.159 e. The molecule has 0 aliphatic carbocycles. The zero-order valence-corrected chi connectivity index (χ0v) is 56.2. The number of para-hydroxylation sites is 8. The van der Waals surface area contributed by atoms with Crippen molar-refractivity contribution in [3.63, 3.8) is 0 Å². The first-order chi connectivity index (χ1) is 51.5. The number of rotatable bonds is 12. The van der Waals surface area contributed by atoms with Gasteiger partial charge in [-0.15, -0.1) is 0 Å². The fraction of sp³-hybridized carbons (Fsp3) is 0. The van der Waals surface area contributed by atoms with Crippen molar-refractivity contribution < 1.29 is 17.7 Å². The molecule has 17 aromatic carbocycles. The van der Waals surface area contributed by atoms with Gasteiger partial charge in [0.2, 0.25) is 0 Å². The van der Waals surface area contributed by atoms with E-state index in [4.69, 9.17) is 17.7 Å². The average Bonchev–Trinajstić information content (AvgIpc) is 1.46. The molecule has 0 fully saturated rings. The SMILES string of the molecule is c1cc(-c2ccc(N(c3ccccc3-c3cccc4c3oc3ccc(-c5cccc6c5oc5c(N(c7cccc(-c8ccc9ccccc9c8)c7)c7ccccc7-c7cccc8c7oc7ccccc78)cccc56)cc34)c3cccc4oc5ccccc5c34)cc2)cc(-c2ccc3ccccc3c2)c1. The molecule has 0 spiro atoms. The van der Waals surface area contributed by atoms with Crippen molar-refractivity contribution >= 4 is 143 Å². The van der Waals surface area contributed by atoms with Crippen LogP contribution in [0.25, 0.3) is 176 Å². The highest BCUT2D eigenvalue weighted by Gasteiger charge is 2.28. The minimum atomic E-state index is 0.769. The van der Waals surface area contributed by atoms with Gasteiger partial charge in [0.25, 0.3) is 0 Å². The lowest BCUT2D eigenvalue weighted by Gasteiger charge is -2.28. The molecule has 0 saturated carbocycles. The summed E-state index contributed by atoms with van der Waals surface area (Å²) in [6.45, 7) is 0. The Morgan fingerprint density at radius 2 is 0.587 bits per heavy atom. The third-order valence-electron chi connectivity index (χ3n) is 21.0.